The van der Waals surface area contributed by atoms with Gasteiger partial charge in [0.25, 0.3) is 5.91 Å². The van der Waals surface area contributed by atoms with E-state index >= 15 is 0 Å². The highest BCUT2D eigenvalue weighted by molar-refractivity contribution is 6.02. The molecule has 26 heavy (non-hydrogen) atoms. The van der Waals surface area contributed by atoms with E-state index in [1.54, 1.807) is 13.3 Å². The molecule has 0 aliphatic rings. The Morgan fingerprint density at radius 3 is 2.65 bits per heavy atom. The third-order valence-corrected chi connectivity index (χ3v) is 4.12. The molecule has 0 unspecified atom stereocenters. The molecular formula is C21H21N3O2. The lowest BCUT2D eigenvalue weighted by atomic mass is 10.0. The molecule has 0 aliphatic carbocycles. The lowest BCUT2D eigenvalue weighted by molar-refractivity contribution is -0.119. The molecule has 0 saturated carbocycles. The number of amides is 1. The predicted octanol–water partition coefficient (Wildman–Crippen LogP) is 3.72. The van der Waals surface area contributed by atoms with Gasteiger partial charge in [0.05, 0.1) is 19.9 Å². The summed E-state index contributed by atoms with van der Waals surface area (Å²) in [5.74, 6) is 0.489. The Balaban J connectivity index is 1.68. The molecule has 3 aromatic carbocycles. The van der Waals surface area contributed by atoms with Gasteiger partial charge in [0, 0.05) is 11.3 Å². The molecule has 1 amide bonds. The van der Waals surface area contributed by atoms with Crippen LogP contribution in [0.25, 0.3) is 10.8 Å². The maximum absolute atomic E-state index is 12.0. The maximum atomic E-state index is 12.0. The number of rotatable bonds is 6. The van der Waals surface area contributed by atoms with Gasteiger partial charge < -0.3 is 10.1 Å². The summed E-state index contributed by atoms with van der Waals surface area (Å²) in [4.78, 5) is 12.0. The second kappa shape index (κ2) is 8.16. The lowest BCUT2D eigenvalue weighted by Crippen LogP contribution is -2.26. The van der Waals surface area contributed by atoms with Crippen molar-refractivity contribution in [3.8, 4) is 5.75 Å². The zero-order chi connectivity index (χ0) is 18.4. The molecule has 0 bridgehead atoms. The van der Waals surface area contributed by atoms with Gasteiger partial charge in [-0.25, -0.2) is 5.43 Å². The first kappa shape index (κ1) is 17.5. The number of benzene rings is 3. The van der Waals surface area contributed by atoms with Crippen LogP contribution in [0.1, 0.15) is 11.1 Å². The zero-order valence-electron chi connectivity index (χ0n) is 14.8. The molecule has 3 rings (SSSR count). The molecule has 132 valence electrons. The van der Waals surface area contributed by atoms with Crippen LogP contribution in [0.4, 0.5) is 5.69 Å². The minimum atomic E-state index is -0.219. The summed E-state index contributed by atoms with van der Waals surface area (Å²) < 4.78 is 5.41. The van der Waals surface area contributed by atoms with Crippen molar-refractivity contribution in [2.75, 3.05) is 19.0 Å². The van der Waals surface area contributed by atoms with Crippen molar-refractivity contribution in [2.45, 2.75) is 6.92 Å². The van der Waals surface area contributed by atoms with E-state index in [2.05, 4.69) is 15.8 Å². The van der Waals surface area contributed by atoms with Gasteiger partial charge in [-0.3, -0.25) is 4.79 Å². The fourth-order valence-corrected chi connectivity index (χ4v) is 2.74. The third-order valence-electron chi connectivity index (χ3n) is 4.12. The monoisotopic (exact) mass is 347 g/mol. The smallest absolute Gasteiger partial charge is 0.259 e. The number of nitrogens with one attached hydrogen (secondary N) is 2. The fraction of sp³-hybridized carbons (Fsp3) is 0.143. The van der Waals surface area contributed by atoms with Gasteiger partial charge in [-0.1, -0.05) is 48.5 Å². The molecule has 0 heterocycles. The van der Waals surface area contributed by atoms with Crippen molar-refractivity contribution < 1.29 is 9.53 Å². The number of nitrogens with zero attached hydrogens (tertiary/aromatic N) is 1. The van der Waals surface area contributed by atoms with Crippen molar-refractivity contribution >= 4 is 28.6 Å². The number of aryl methyl sites for hydroxylation is 1. The van der Waals surface area contributed by atoms with Crippen molar-refractivity contribution in [2.24, 2.45) is 5.10 Å². The van der Waals surface area contributed by atoms with Crippen LogP contribution in [0.2, 0.25) is 0 Å². The average molecular weight is 347 g/mol. The highest BCUT2D eigenvalue weighted by Gasteiger charge is 2.06. The van der Waals surface area contributed by atoms with Crippen molar-refractivity contribution in [3.05, 3.63) is 71.8 Å². The maximum Gasteiger partial charge on any atom is 0.259 e. The Morgan fingerprint density at radius 1 is 1.08 bits per heavy atom. The zero-order valence-corrected chi connectivity index (χ0v) is 14.8. The fourth-order valence-electron chi connectivity index (χ4n) is 2.74. The van der Waals surface area contributed by atoms with E-state index < -0.39 is 0 Å². The molecule has 0 aliphatic heterocycles. The van der Waals surface area contributed by atoms with Gasteiger partial charge in [0.15, 0.2) is 0 Å². The van der Waals surface area contributed by atoms with E-state index in [1.807, 2.05) is 67.6 Å². The Morgan fingerprint density at radius 2 is 1.85 bits per heavy atom. The first-order valence-corrected chi connectivity index (χ1v) is 8.36. The molecule has 5 heteroatoms. The number of methoxy groups -OCH3 is 1. The quantitative estimate of drug-likeness (QED) is 0.528. The topological polar surface area (TPSA) is 62.7 Å². The summed E-state index contributed by atoms with van der Waals surface area (Å²) in [6.45, 7) is 2.14. The van der Waals surface area contributed by atoms with Gasteiger partial charge >= 0.3 is 0 Å². The second-order valence-electron chi connectivity index (χ2n) is 5.86. The van der Waals surface area contributed by atoms with Gasteiger partial charge in [0.2, 0.25) is 0 Å². The summed E-state index contributed by atoms with van der Waals surface area (Å²) in [6, 6.07) is 19.7. The Kier molecular flexibility index (Phi) is 5.49. The van der Waals surface area contributed by atoms with Gasteiger partial charge in [-0.05, 0) is 35.4 Å². The predicted molar refractivity (Wildman–Crippen MR) is 106 cm³/mol. The van der Waals surface area contributed by atoms with Crippen molar-refractivity contribution in [1.29, 1.82) is 0 Å². The first-order chi connectivity index (χ1) is 12.7. The molecule has 5 nitrogen and oxygen atoms in total. The number of para-hydroxylation sites is 1. The number of hydrogen-bond acceptors (Lipinski definition) is 4. The minimum Gasteiger partial charge on any atom is -0.496 e. The van der Waals surface area contributed by atoms with E-state index in [0.717, 1.165) is 27.6 Å². The number of carbonyl (C=O) groups excluding carboxylic acids is 1. The minimum absolute atomic E-state index is 0.148. The summed E-state index contributed by atoms with van der Waals surface area (Å²) in [5.41, 5.74) is 5.40. The van der Waals surface area contributed by atoms with E-state index in [4.69, 9.17) is 4.74 Å². The van der Waals surface area contributed by atoms with Gasteiger partial charge in [0.1, 0.15) is 5.75 Å². The van der Waals surface area contributed by atoms with Gasteiger partial charge in [-0.15, -0.1) is 0 Å². The highest BCUT2D eigenvalue weighted by Crippen LogP contribution is 2.26. The van der Waals surface area contributed by atoms with Crippen LogP contribution in [-0.4, -0.2) is 25.8 Å². The van der Waals surface area contributed by atoms with E-state index in [9.17, 15) is 4.79 Å². The Labute approximate surface area is 152 Å². The van der Waals surface area contributed by atoms with Crippen molar-refractivity contribution in [3.63, 3.8) is 0 Å². The highest BCUT2D eigenvalue weighted by atomic mass is 16.5. The third kappa shape index (κ3) is 4.00. The average Bonchev–Trinajstić information content (AvgIpc) is 2.67. The summed E-state index contributed by atoms with van der Waals surface area (Å²) >= 11 is 0. The van der Waals surface area contributed by atoms with Crippen molar-refractivity contribution in [1.82, 2.24) is 5.43 Å². The molecule has 0 atom stereocenters. The van der Waals surface area contributed by atoms with Crippen LogP contribution in [0.15, 0.2) is 65.8 Å². The Hall–Kier alpha value is -3.34. The van der Waals surface area contributed by atoms with Crippen LogP contribution in [0.3, 0.4) is 0 Å². The standard InChI is InChI=1S/C21H21N3O2/c1-15-7-3-6-10-19(15)22-14-21(25)24-23-13-18-17-9-5-4-8-16(17)11-12-20(18)26-2/h3-13,22H,14H2,1-2H3,(H,24,25). The molecular weight excluding hydrogens is 326 g/mol. The summed E-state index contributed by atoms with van der Waals surface area (Å²) in [7, 11) is 1.62. The SMILES string of the molecule is COc1ccc2ccccc2c1C=NNC(=O)CNc1ccccc1C. The molecule has 2 N–H and O–H groups in total. The van der Waals surface area contributed by atoms with Crippen LogP contribution in [-0.2, 0) is 4.79 Å². The molecule has 0 spiro atoms. The lowest BCUT2D eigenvalue weighted by Gasteiger charge is -2.09. The van der Waals surface area contributed by atoms with Crippen LogP contribution < -0.4 is 15.5 Å². The normalized spacial score (nSPS) is 10.8. The molecule has 3 aromatic rings. The van der Waals surface area contributed by atoms with Gasteiger partial charge in [-0.2, -0.15) is 5.10 Å². The van der Waals surface area contributed by atoms with E-state index in [-0.39, 0.29) is 12.5 Å². The summed E-state index contributed by atoms with van der Waals surface area (Å²) in [6.07, 6.45) is 1.62. The number of hydrogen-bond donors (Lipinski definition) is 2. The van der Waals surface area contributed by atoms with Crippen LogP contribution in [0, 0.1) is 6.92 Å². The first-order valence-electron chi connectivity index (χ1n) is 8.36. The number of carbonyl (C=O) groups is 1. The largest absolute Gasteiger partial charge is 0.496 e. The second-order valence-corrected chi connectivity index (χ2v) is 5.86. The van der Waals surface area contributed by atoms with E-state index in [0.29, 0.717) is 5.75 Å². The summed E-state index contributed by atoms with van der Waals surface area (Å²) in [5, 5.41) is 9.30. The van der Waals surface area contributed by atoms with E-state index in [1.165, 1.54) is 0 Å². The molecule has 0 fully saturated rings. The number of hydrazone groups is 1. The molecule has 0 saturated heterocycles. The number of anilines is 1. The molecule has 0 aromatic heterocycles. The van der Waals surface area contributed by atoms with Crippen LogP contribution >= 0.6 is 0 Å². The number of ether oxygens (including phenoxy) is 1. The Bertz CT molecular complexity index is 951. The number of fused-ring (bicyclic) bond motifs is 1. The molecule has 0 radical (unpaired) electrons. The van der Waals surface area contributed by atoms with Crippen LogP contribution in [0.5, 0.6) is 5.75 Å².